The van der Waals surface area contributed by atoms with Gasteiger partial charge in [-0.15, -0.1) is 0 Å². The summed E-state index contributed by atoms with van der Waals surface area (Å²) in [4.78, 5) is 35.1. The Bertz CT molecular complexity index is 569. The quantitative estimate of drug-likeness (QED) is 0.680. The van der Waals surface area contributed by atoms with Gasteiger partial charge in [0.2, 0.25) is 5.91 Å². The summed E-state index contributed by atoms with van der Waals surface area (Å²) in [5, 5.41) is 13.9. The minimum absolute atomic E-state index is 0.0446. The fourth-order valence-electron chi connectivity index (χ4n) is 2.18. The number of carbonyl (C=O) groups excluding carboxylic acids is 2. The molecule has 0 heterocycles. The highest BCUT2D eigenvalue weighted by atomic mass is 16.4. The molecule has 23 heavy (non-hydrogen) atoms. The van der Waals surface area contributed by atoms with E-state index in [9.17, 15) is 14.4 Å². The van der Waals surface area contributed by atoms with Crippen molar-refractivity contribution >= 4 is 17.8 Å². The van der Waals surface area contributed by atoms with Crippen LogP contribution in [0.2, 0.25) is 0 Å². The number of rotatable bonds is 8. The zero-order chi connectivity index (χ0) is 17.4. The van der Waals surface area contributed by atoms with E-state index in [1.165, 1.54) is 0 Å². The molecule has 3 N–H and O–H groups in total. The molecule has 0 bridgehead atoms. The van der Waals surface area contributed by atoms with Gasteiger partial charge in [0.15, 0.2) is 0 Å². The van der Waals surface area contributed by atoms with Crippen molar-refractivity contribution < 1.29 is 19.5 Å². The van der Waals surface area contributed by atoms with Crippen molar-refractivity contribution in [3.63, 3.8) is 0 Å². The van der Waals surface area contributed by atoms with Crippen molar-refractivity contribution in [2.45, 2.75) is 39.7 Å². The fourth-order valence-corrected chi connectivity index (χ4v) is 2.18. The van der Waals surface area contributed by atoms with Gasteiger partial charge in [0.25, 0.3) is 5.91 Å². The second kappa shape index (κ2) is 8.92. The number of aliphatic carboxylic acids is 1. The monoisotopic (exact) mass is 320 g/mol. The van der Waals surface area contributed by atoms with Gasteiger partial charge in [-0.05, 0) is 30.9 Å². The van der Waals surface area contributed by atoms with E-state index in [1.807, 2.05) is 32.9 Å². The molecule has 1 aromatic rings. The molecule has 0 aliphatic rings. The molecule has 1 rings (SSSR count). The molecule has 0 aliphatic heterocycles. The molecule has 126 valence electrons. The third-order valence-electron chi connectivity index (χ3n) is 3.36. The van der Waals surface area contributed by atoms with Crippen LogP contribution < -0.4 is 10.6 Å². The van der Waals surface area contributed by atoms with Crippen LogP contribution in [0.5, 0.6) is 0 Å². The smallest absolute Gasteiger partial charge is 0.305 e. The van der Waals surface area contributed by atoms with Crippen molar-refractivity contribution in [2.24, 2.45) is 5.92 Å². The van der Waals surface area contributed by atoms with E-state index in [-0.39, 0.29) is 30.7 Å². The predicted molar refractivity (Wildman–Crippen MR) is 87.2 cm³/mol. The Balaban J connectivity index is 2.74. The summed E-state index contributed by atoms with van der Waals surface area (Å²) >= 11 is 0. The number of amides is 2. The number of carbonyl (C=O) groups is 3. The molecule has 0 spiro atoms. The van der Waals surface area contributed by atoms with E-state index >= 15 is 0 Å². The van der Waals surface area contributed by atoms with Crippen molar-refractivity contribution in [1.82, 2.24) is 10.6 Å². The lowest BCUT2D eigenvalue weighted by molar-refractivity contribution is -0.137. The van der Waals surface area contributed by atoms with E-state index in [1.54, 1.807) is 12.1 Å². The summed E-state index contributed by atoms with van der Waals surface area (Å²) < 4.78 is 0. The average Bonchev–Trinajstić information content (AvgIpc) is 2.45. The van der Waals surface area contributed by atoms with Gasteiger partial charge in [0, 0.05) is 12.1 Å². The Morgan fingerprint density at radius 1 is 1.17 bits per heavy atom. The van der Waals surface area contributed by atoms with E-state index in [0.717, 1.165) is 5.56 Å². The summed E-state index contributed by atoms with van der Waals surface area (Å²) in [6, 6.07) is 6.47. The lowest BCUT2D eigenvalue weighted by atomic mass is 10.0. The van der Waals surface area contributed by atoms with Crippen molar-refractivity contribution in [1.29, 1.82) is 0 Å². The van der Waals surface area contributed by atoms with Gasteiger partial charge in [-0.3, -0.25) is 14.4 Å². The Kier molecular flexibility index (Phi) is 7.25. The maximum absolute atomic E-state index is 12.4. The summed E-state index contributed by atoms with van der Waals surface area (Å²) in [5.74, 6) is -1.43. The molecule has 1 atom stereocenters. The lowest BCUT2D eigenvalue weighted by Crippen LogP contribution is -2.47. The number of hydrogen-bond acceptors (Lipinski definition) is 3. The molecular formula is C17H24N2O4. The number of nitrogens with one attached hydrogen (secondary N) is 2. The third-order valence-corrected chi connectivity index (χ3v) is 3.36. The third kappa shape index (κ3) is 6.50. The zero-order valence-corrected chi connectivity index (χ0v) is 13.8. The van der Waals surface area contributed by atoms with E-state index in [4.69, 9.17) is 5.11 Å². The normalized spacial score (nSPS) is 11.8. The van der Waals surface area contributed by atoms with Crippen LogP contribution in [0.1, 0.15) is 42.6 Å². The van der Waals surface area contributed by atoms with E-state index in [2.05, 4.69) is 10.6 Å². The number of carboxylic acid groups (broad SMARTS) is 1. The van der Waals surface area contributed by atoms with Gasteiger partial charge in [-0.2, -0.15) is 0 Å². The first-order valence-electron chi connectivity index (χ1n) is 7.67. The van der Waals surface area contributed by atoms with Gasteiger partial charge in [-0.25, -0.2) is 0 Å². The van der Waals surface area contributed by atoms with Gasteiger partial charge >= 0.3 is 5.97 Å². The molecule has 0 saturated heterocycles. The molecule has 0 fully saturated rings. The minimum Gasteiger partial charge on any atom is -0.481 e. The van der Waals surface area contributed by atoms with E-state index < -0.39 is 12.0 Å². The molecule has 0 saturated carbocycles. The van der Waals surface area contributed by atoms with Gasteiger partial charge in [0.05, 0.1) is 6.42 Å². The van der Waals surface area contributed by atoms with Crippen LogP contribution in [0.15, 0.2) is 24.3 Å². The predicted octanol–water partition coefficient (Wildman–Crippen LogP) is 1.73. The van der Waals surface area contributed by atoms with Crippen LogP contribution >= 0.6 is 0 Å². The van der Waals surface area contributed by atoms with Gasteiger partial charge in [0.1, 0.15) is 6.04 Å². The first kappa shape index (κ1) is 18.7. The van der Waals surface area contributed by atoms with Crippen LogP contribution in [-0.2, 0) is 9.59 Å². The minimum atomic E-state index is -0.977. The molecule has 2 amide bonds. The lowest BCUT2D eigenvalue weighted by Gasteiger charge is -2.20. The zero-order valence-electron chi connectivity index (χ0n) is 13.8. The standard InChI is InChI=1S/C17H24N2O4/c1-11(2)10-14(17(23)18-9-8-15(20)21)19-16(22)13-7-5-4-6-12(13)3/h4-7,11,14H,8-10H2,1-3H3,(H,18,23)(H,19,22)(H,20,21). The molecule has 0 aliphatic carbocycles. The molecule has 0 aromatic heterocycles. The van der Waals surface area contributed by atoms with E-state index in [0.29, 0.717) is 12.0 Å². The summed E-state index contributed by atoms with van der Waals surface area (Å²) in [6.45, 7) is 5.79. The number of aryl methyl sites for hydroxylation is 1. The number of benzene rings is 1. The number of hydrogen-bond donors (Lipinski definition) is 3. The topological polar surface area (TPSA) is 95.5 Å². The highest BCUT2D eigenvalue weighted by Crippen LogP contribution is 2.10. The Labute approximate surface area is 136 Å². The maximum atomic E-state index is 12.4. The average molecular weight is 320 g/mol. The van der Waals surface area contributed by atoms with Crippen molar-refractivity contribution in [2.75, 3.05) is 6.54 Å². The van der Waals surface area contributed by atoms with Crippen LogP contribution in [0.4, 0.5) is 0 Å². The van der Waals surface area contributed by atoms with Crippen molar-refractivity contribution in [3.05, 3.63) is 35.4 Å². The molecule has 0 radical (unpaired) electrons. The summed E-state index contributed by atoms with van der Waals surface area (Å²) in [6.07, 6.45) is 0.336. The Morgan fingerprint density at radius 2 is 1.83 bits per heavy atom. The van der Waals surface area contributed by atoms with Gasteiger partial charge in [-0.1, -0.05) is 32.0 Å². The molecule has 1 aromatic carbocycles. The van der Waals surface area contributed by atoms with Crippen LogP contribution in [0.3, 0.4) is 0 Å². The molecular weight excluding hydrogens is 296 g/mol. The largest absolute Gasteiger partial charge is 0.481 e. The summed E-state index contributed by atoms with van der Waals surface area (Å²) in [5.41, 5.74) is 1.36. The van der Waals surface area contributed by atoms with Crippen LogP contribution in [-0.4, -0.2) is 35.5 Å². The molecule has 1 unspecified atom stereocenters. The SMILES string of the molecule is Cc1ccccc1C(=O)NC(CC(C)C)C(=O)NCCC(=O)O. The maximum Gasteiger partial charge on any atom is 0.305 e. The molecule has 6 nitrogen and oxygen atoms in total. The fraction of sp³-hybridized carbons (Fsp3) is 0.471. The first-order valence-corrected chi connectivity index (χ1v) is 7.67. The first-order chi connectivity index (χ1) is 10.8. The summed E-state index contributed by atoms with van der Waals surface area (Å²) in [7, 11) is 0. The van der Waals surface area contributed by atoms with Gasteiger partial charge < -0.3 is 15.7 Å². The molecule has 6 heteroatoms. The number of carboxylic acids is 1. The highest BCUT2D eigenvalue weighted by Gasteiger charge is 2.22. The second-order valence-electron chi connectivity index (χ2n) is 5.91. The van der Waals surface area contributed by atoms with Crippen LogP contribution in [0, 0.1) is 12.8 Å². The van der Waals surface area contributed by atoms with Crippen molar-refractivity contribution in [3.8, 4) is 0 Å². The second-order valence-corrected chi connectivity index (χ2v) is 5.91. The van der Waals surface area contributed by atoms with Crippen LogP contribution in [0.25, 0.3) is 0 Å². The Hall–Kier alpha value is -2.37. The highest BCUT2D eigenvalue weighted by molar-refractivity contribution is 5.98. The Morgan fingerprint density at radius 3 is 2.39 bits per heavy atom.